The molecule has 0 bridgehead atoms. The number of halogens is 1. The first-order valence-electron chi connectivity index (χ1n) is 9.53. The Labute approximate surface area is 168 Å². The Kier molecular flexibility index (Phi) is 5.09. The van der Waals surface area contributed by atoms with E-state index < -0.39 is 5.92 Å². The van der Waals surface area contributed by atoms with Crippen LogP contribution in [0.4, 0.5) is 4.39 Å². The topological polar surface area (TPSA) is 64.6 Å². The molecule has 2 aromatic rings. The van der Waals surface area contributed by atoms with Crippen LogP contribution in [0.2, 0.25) is 0 Å². The highest BCUT2D eigenvalue weighted by molar-refractivity contribution is 6.02. The van der Waals surface area contributed by atoms with Crippen LogP contribution < -0.4 is 14.8 Å². The number of carbonyl (C=O) groups is 2. The molecule has 0 fully saturated rings. The number of amides is 1. The van der Waals surface area contributed by atoms with Gasteiger partial charge < -0.3 is 14.8 Å². The van der Waals surface area contributed by atoms with Crippen molar-refractivity contribution in [2.75, 3.05) is 14.2 Å². The van der Waals surface area contributed by atoms with E-state index in [0.29, 0.717) is 41.2 Å². The van der Waals surface area contributed by atoms with Crippen LogP contribution in [0.3, 0.4) is 0 Å². The molecule has 5 nitrogen and oxygen atoms in total. The minimum absolute atomic E-state index is 0.0321. The van der Waals surface area contributed by atoms with Gasteiger partial charge in [0.15, 0.2) is 5.78 Å². The second-order valence-corrected chi connectivity index (χ2v) is 7.39. The molecule has 6 heteroatoms. The molecule has 1 heterocycles. The first-order chi connectivity index (χ1) is 14.0. The number of ketones is 1. The van der Waals surface area contributed by atoms with Gasteiger partial charge in [-0.25, -0.2) is 4.39 Å². The molecule has 2 aliphatic rings. The van der Waals surface area contributed by atoms with Crippen molar-refractivity contribution in [3.8, 4) is 11.5 Å². The standard InChI is InChI=1S/C23H22FNO4/c1-28-16-6-7-21(29-2)17(11-16)14-9-19-23(20(26)10-14)18(12-22(27)25-19)13-4-3-5-15(24)8-13/h3-8,11,14,18H,9-10,12H2,1-2H3,(H,25,27)/t14-,18+/m0/s1. The number of nitrogens with one attached hydrogen (secondary N) is 1. The van der Waals surface area contributed by atoms with E-state index in [4.69, 9.17) is 9.47 Å². The molecule has 150 valence electrons. The molecule has 1 aliphatic heterocycles. The molecule has 4 rings (SSSR count). The van der Waals surface area contributed by atoms with Gasteiger partial charge >= 0.3 is 0 Å². The number of carbonyl (C=O) groups excluding carboxylic acids is 2. The SMILES string of the molecule is COc1ccc(OC)c([C@@H]2CC(=O)C3=C(C2)NC(=O)C[C@@H]3c2cccc(F)c2)c1. The number of methoxy groups -OCH3 is 2. The summed E-state index contributed by atoms with van der Waals surface area (Å²) in [4.78, 5) is 25.5. The average molecular weight is 395 g/mol. The lowest BCUT2D eigenvalue weighted by Gasteiger charge is -2.34. The lowest BCUT2D eigenvalue weighted by molar-refractivity contribution is -0.122. The predicted octanol–water partition coefficient (Wildman–Crippen LogP) is 3.85. The van der Waals surface area contributed by atoms with E-state index in [9.17, 15) is 14.0 Å². The number of allylic oxidation sites excluding steroid dienone is 2. The summed E-state index contributed by atoms with van der Waals surface area (Å²) in [6.45, 7) is 0. The van der Waals surface area contributed by atoms with Gasteiger partial charge in [-0.2, -0.15) is 0 Å². The zero-order chi connectivity index (χ0) is 20.5. The Bertz CT molecular complexity index is 1010. The summed E-state index contributed by atoms with van der Waals surface area (Å²) in [6.07, 6.45) is 0.938. The Morgan fingerprint density at radius 3 is 2.55 bits per heavy atom. The van der Waals surface area contributed by atoms with Crippen LogP contribution in [0.5, 0.6) is 11.5 Å². The maximum absolute atomic E-state index is 13.8. The van der Waals surface area contributed by atoms with Crippen molar-refractivity contribution < 1.29 is 23.5 Å². The van der Waals surface area contributed by atoms with Crippen LogP contribution in [-0.2, 0) is 9.59 Å². The highest BCUT2D eigenvalue weighted by Gasteiger charge is 2.39. The van der Waals surface area contributed by atoms with Gasteiger partial charge in [-0.15, -0.1) is 0 Å². The van der Waals surface area contributed by atoms with Crippen LogP contribution in [0, 0.1) is 5.82 Å². The van der Waals surface area contributed by atoms with Crippen LogP contribution in [-0.4, -0.2) is 25.9 Å². The smallest absolute Gasteiger partial charge is 0.225 e. The Balaban J connectivity index is 1.74. The lowest BCUT2D eigenvalue weighted by atomic mass is 9.73. The van der Waals surface area contributed by atoms with Crippen molar-refractivity contribution in [1.29, 1.82) is 0 Å². The largest absolute Gasteiger partial charge is 0.497 e. The summed E-state index contributed by atoms with van der Waals surface area (Å²) in [5, 5.41) is 2.88. The van der Waals surface area contributed by atoms with Gasteiger partial charge in [-0.05, 0) is 42.3 Å². The number of hydrogen-bond acceptors (Lipinski definition) is 4. The average Bonchev–Trinajstić information content (AvgIpc) is 2.72. The van der Waals surface area contributed by atoms with Crippen molar-refractivity contribution >= 4 is 11.7 Å². The molecular weight excluding hydrogens is 373 g/mol. The fourth-order valence-electron chi connectivity index (χ4n) is 4.35. The summed E-state index contributed by atoms with van der Waals surface area (Å²) in [5.41, 5.74) is 2.74. The summed E-state index contributed by atoms with van der Waals surface area (Å²) < 4.78 is 24.6. The third-order valence-corrected chi connectivity index (χ3v) is 5.66. The van der Waals surface area contributed by atoms with Crippen LogP contribution >= 0.6 is 0 Å². The molecule has 0 unspecified atom stereocenters. The first-order valence-corrected chi connectivity index (χ1v) is 9.53. The predicted molar refractivity (Wildman–Crippen MR) is 105 cm³/mol. The van der Waals surface area contributed by atoms with Crippen LogP contribution in [0.1, 0.15) is 42.2 Å². The van der Waals surface area contributed by atoms with Crippen molar-refractivity contribution in [3.05, 3.63) is 70.7 Å². The van der Waals surface area contributed by atoms with Crippen LogP contribution in [0.15, 0.2) is 53.7 Å². The van der Waals surface area contributed by atoms with Gasteiger partial charge in [-0.3, -0.25) is 9.59 Å². The zero-order valence-corrected chi connectivity index (χ0v) is 16.3. The van der Waals surface area contributed by atoms with E-state index in [2.05, 4.69) is 5.32 Å². The zero-order valence-electron chi connectivity index (χ0n) is 16.3. The normalized spacial score (nSPS) is 21.5. The third-order valence-electron chi connectivity index (χ3n) is 5.66. The van der Waals surface area contributed by atoms with Gasteiger partial charge in [0.2, 0.25) is 5.91 Å². The maximum atomic E-state index is 13.8. The summed E-state index contributed by atoms with van der Waals surface area (Å²) in [6, 6.07) is 11.6. The number of rotatable bonds is 4. The molecule has 1 aliphatic carbocycles. The molecule has 0 saturated carbocycles. The van der Waals surface area contributed by atoms with Crippen molar-refractivity contribution in [1.82, 2.24) is 5.32 Å². The maximum Gasteiger partial charge on any atom is 0.225 e. The Morgan fingerprint density at radius 2 is 1.83 bits per heavy atom. The molecule has 1 N–H and O–H groups in total. The van der Waals surface area contributed by atoms with Gasteiger partial charge in [0.05, 0.1) is 14.2 Å². The molecular formula is C23H22FNO4. The van der Waals surface area contributed by atoms with Gasteiger partial charge in [0.25, 0.3) is 0 Å². The number of Topliss-reactive ketones (excluding diaryl/α,β-unsaturated/α-hetero) is 1. The molecule has 29 heavy (non-hydrogen) atoms. The number of ether oxygens (including phenoxy) is 2. The van der Waals surface area contributed by atoms with E-state index in [1.165, 1.54) is 12.1 Å². The first kappa shape index (κ1) is 19.2. The summed E-state index contributed by atoms with van der Waals surface area (Å²) in [7, 11) is 3.17. The summed E-state index contributed by atoms with van der Waals surface area (Å²) >= 11 is 0. The van der Waals surface area contributed by atoms with E-state index in [1.54, 1.807) is 32.4 Å². The lowest BCUT2D eigenvalue weighted by Crippen LogP contribution is -2.38. The monoisotopic (exact) mass is 395 g/mol. The molecule has 2 atom stereocenters. The number of hydrogen-bond donors (Lipinski definition) is 1. The van der Waals surface area contributed by atoms with Gasteiger partial charge in [0.1, 0.15) is 17.3 Å². The highest BCUT2D eigenvalue weighted by Crippen LogP contribution is 2.45. The van der Waals surface area contributed by atoms with Crippen molar-refractivity contribution in [3.63, 3.8) is 0 Å². The van der Waals surface area contributed by atoms with E-state index in [0.717, 1.165) is 5.56 Å². The second-order valence-electron chi connectivity index (χ2n) is 7.39. The third kappa shape index (κ3) is 3.62. The molecule has 0 aromatic heterocycles. The Morgan fingerprint density at radius 1 is 1.00 bits per heavy atom. The fourth-order valence-corrected chi connectivity index (χ4v) is 4.35. The van der Waals surface area contributed by atoms with Crippen LogP contribution in [0.25, 0.3) is 0 Å². The second kappa shape index (κ2) is 7.70. The van der Waals surface area contributed by atoms with Crippen molar-refractivity contribution in [2.24, 2.45) is 0 Å². The molecule has 0 radical (unpaired) electrons. The summed E-state index contributed by atoms with van der Waals surface area (Å²) in [5.74, 6) is 0.222. The molecule has 0 saturated heterocycles. The molecule has 0 spiro atoms. The fraction of sp³-hybridized carbons (Fsp3) is 0.304. The van der Waals surface area contributed by atoms with E-state index in [-0.39, 0.29) is 29.8 Å². The Hall–Kier alpha value is -3.15. The molecule has 2 aromatic carbocycles. The minimum atomic E-state index is -0.421. The van der Waals surface area contributed by atoms with Crippen molar-refractivity contribution in [2.45, 2.75) is 31.1 Å². The number of benzene rings is 2. The van der Waals surface area contributed by atoms with Gasteiger partial charge in [-0.1, -0.05) is 12.1 Å². The molecule has 1 amide bonds. The minimum Gasteiger partial charge on any atom is -0.497 e. The van der Waals surface area contributed by atoms with Gasteiger partial charge in [0, 0.05) is 41.5 Å². The van der Waals surface area contributed by atoms with E-state index in [1.807, 2.05) is 12.1 Å². The quantitative estimate of drug-likeness (QED) is 0.854. The van der Waals surface area contributed by atoms with E-state index >= 15 is 0 Å². The highest BCUT2D eigenvalue weighted by atomic mass is 19.1.